The number of halogens is 2. The summed E-state index contributed by atoms with van der Waals surface area (Å²) in [6.07, 6.45) is 0.816. The molecule has 0 aromatic heterocycles. The Balaban J connectivity index is 1.84. The molecule has 1 N–H and O–H groups in total. The van der Waals surface area contributed by atoms with Gasteiger partial charge in [0.05, 0.1) is 12.7 Å². The zero-order chi connectivity index (χ0) is 18.7. The molecule has 2 aromatic rings. The van der Waals surface area contributed by atoms with Crippen LogP contribution in [0, 0.1) is 0 Å². The molecule has 0 bridgehead atoms. The summed E-state index contributed by atoms with van der Waals surface area (Å²) in [5.41, 5.74) is 2.86. The van der Waals surface area contributed by atoms with Crippen molar-refractivity contribution in [2.75, 3.05) is 19.7 Å². The van der Waals surface area contributed by atoms with Crippen molar-refractivity contribution in [1.29, 1.82) is 0 Å². The first-order valence-electron chi connectivity index (χ1n) is 8.62. The second kappa shape index (κ2) is 8.40. The number of carbonyl (C=O) groups is 1. The lowest BCUT2D eigenvalue weighted by molar-refractivity contribution is -0.147. The number of benzene rings is 2. The highest BCUT2D eigenvalue weighted by Gasteiger charge is 2.33. The van der Waals surface area contributed by atoms with Crippen LogP contribution >= 0.6 is 23.2 Å². The maximum Gasteiger partial charge on any atom is 0.325 e. The molecule has 1 heterocycles. The number of rotatable bonds is 5. The molecule has 2 atom stereocenters. The normalized spacial score (nSPS) is 19.3. The minimum absolute atomic E-state index is 0.164. The van der Waals surface area contributed by atoms with Crippen LogP contribution in [-0.2, 0) is 16.0 Å². The second-order valence-electron chi connectivity index (χ2n) is 6.36. The zero-order valence-electron chi connectivity index (χ0n) is 14.5. The molecule has 26 heavy (non-hydrogen) atoms. The number of hydrogen-bond acceptors (Lipinski definition) is 3. The minimum atomic E-state index is -0.934. The van der Waals surface area contributed by atoms with Gasteiger partial charge in [0, 0.05) is 23.1 Å². The van der Waals surface area contributed by atoms with E-state index in [9.17, 15) is 9.90 Å². The number of carboxylic acid groups (broad SMARTS) is 1. The number of morpholine rings is 1. The van der Waals surface area contributed by atoms with E-state index in [1.54, 1.807) is 18.2 Å². The molecule has 1 fully saturated rings. The van der Waals surface area contributed by atoms with Crippen molar-refractivity contribution in [2.24, 2.45) is 0 Å². The van der Waals surface area contributed by atoms with Crippen molar-refractivity contribution in [1.82, 2.24) is 4.90 Å². The number of hydrogen-bond donors (Lipinski definition) is 1. The third-order valence-electron chi connectivity index (χ3n) is 4.71. The van der Waals surface area contributed by atoms with E-state index in [0.29, 0.717) is 35.3 Å². The molecule has 1 aliphatic heterocycles. The lowest BCUT2D eigenvalue weighted by Gasteiger charge is -2.37. The highest BCUT2D eigenvalue weighted by molar-refractivity contribution is 6.35. The Kier molecular flexibility index (Phi) is 6.20. The van der Waals surface area contributed by atoms with Gasteiger partial charge in [-0.1, -0.05) is 60.5 Å². The molecule has 2 unspecified atom stereocenters. The Labute approximate surface area is 163 Å². The van der Waals surface area contributed by atoms with E-state index in [-0.39, 0.29) is 6.10 Å². The second-order valence-corrected chi connectivity index (χ2v) is 7.20. The van der Waals surface area contributed by atoms with Gasteiger partial charge in [-0.05, 0) is 35.2 Å². The van der Waals surface area contributed by atoms with Crippen molar-refractivity contribution in [3.05, 3.63) is 69.2 Å². The molecular weight excluding hydrogens is 373 g/mol. The van der Waals surface area contributed by atoms with Gasteiger partial charge in [-0.15, -0.1) is 0 Å². The lowest BCUT2D eigenvalue weighted by atomic mass is 10.0. The van der Waals surface area contributed by atoms with Crippen molar-refractivity contribution >= 4 is 29.2 Å². The highest BCUT2D eigenvalue weighted by atomic mass is 35.5. The summed E-state index contributed by atoms with van der Waals surface area (Å²) >= 11 is 12.2. The molecular formula is C20H21Cl2NO3. The van der Waals surface area contributed by atoms with Crippen LogP contribution in [0.4, 0.5) is 0 Å². The van der Waals surface area contributed by atoms with Gasteiger partial charge in [0.25, 0.3) is 0 Å². The van der Waals surface area contributed by atoms with E-state index in [4.69, 9.17) is 27.9 Å². The van der Waals surface area contributed by atoms with Crippen molar-refractivity contribution in [3.8, 4) is 0 Å². The number of aliphatic carboxylic acids is 1. The Hall–Kier alpha value is -1.59. The van der Waals surface area contributed by atoms with E-state index in [0.717, 1.165) is 12.0 Å². The Morgan fingerprint density at radius 3 is 2.62 bits per heavy atom. The first-order chi connectivity index (χ1) is 12.5. The summed E-state index contributed by atoms with van der Waals surface area (Å²) in [6, 6.07) is 12.4. The standard InChI is InChI=1S/C20H21Cl2NO3/c1-2-13-3-5-14(6-4-13)18-12-23(9-10-26-18)19(20(24)25)16-8-7-15(21)11-17(16)22/h3-8,11,18-19H,2,9-10,12H2,1H3,(H,24,25). The average Bonchev–Trinajstić information content (AvgIpc) is 2.64. The van der Waals surface area contributed by atoms with E-state index in [1.165, 1.54) is 5.56 Å². The maximum atomic E-state index is 12.0. The topological polar surface area (TPSA) is 49.8 Å². The van der Waals surface area contributed by atoms with Crippen molar-refractivity contribution < 1.29 is 14.6 Å². The van der Waals surface area contributed by atoms with Gasteiger partial charge < -0.3 is 9.84 Å². The van der Waals surface area contributed by atoms with Crippen LogP contribution < -0.4 is 0 Å². The van der Waals surface area contributed by atoms with Crippen molar-refractivity contribution in [2.45, 2.75) is 25.5 Å². The molecule has 0 amide bonds. The monoisotopic (exact) mass is 393 g/mol. The lowest BCUT2D eigenvalue weighted by Crippen LogP contribution is -2.43. The number of nitrogens with zero attached hydrogens (tertiary/aromatic N) is 1. The van der Waals surface area contributed by atoms with Crippen LogP contribution in [-0.4, -0.2) is 35.7 Å². The van der Waals surface area contributed by atoms with Crippen LogP contribution in [0.1, 0.15) is 35.8 Å². The molecule has 0 aliphatic carbocycles. The van der Waals surface area contributed by atoms with Gasteiger partial charge in [0.2, 0.25) is 0 Å². The van der Waals surface area contributed by atoms with Gasteiger partial charge >= 0.3 is 5.97 Å². The Bertz CT molecular complexity index is 779. The summed E-state index contributed by atoms with van der Waals surface area (Å²) in [5.74, 6) is -0.934. The first kappa shape index (κ1) is 19.2. The predicted molar refractivity (Wildman–Crippen MR) is 103 cm³/mol. The minimum Gasteiger partial charge on any atom is -0.480 e. The van der Waals surface area contributed by atoms with E-state index >= 15 is 0 Å². The first-order valence-corrected chi connectivity index (χ1v) is 9.37. The number of aryl methyl sites for hydroxylation is 1. The Morgan fingerprint density at radius 1 is 1.27 bits per heavy atom. The summed E-state index contributed by atoms with van der Waals surface area (Å²) in [4.78, 5) is 13.9. The quantitative estimate of drug-likeness (QED) is 0.795. The zero-order valence-corrected chi connectivity index (χ0v) is 16.0. The molecule has 6 heteroatoms. The van der Waals surface area contributed by atoms with Crippen LogP contribution in [0.2, 0.25) is 10.0 Å². The summed E-state index contributed by atoms with van der Waals surface area (Å²) < 4.78 is 5.89. The third-order valence-corrected chi connectivity index (χ3v) is 5.28. The smallest absolute Gasteiger partial charge is 0.325 e. The van der Waals surface area contributed by atoms with Gasteiger partial charge in [-0.25, -0.2) is 0 Å². The fourth-order valence-corrected chi connectivity index (χ4v) is 3.79. The fourth-order valence-electron chi connectivity index (χ4n) is 3.28. The van der Waals surface area contributed by atoms with Gasteiger partial charge in [-0.2, -0.15) is 0 Å². The predicted octanol–water partition coefficient (Wildman–Crippen LogP) is 4.76. The molecule has 2 aromatic carbocycles. The molecule has 1 saturated heterocycles. The summed E-state index contributed by atoms with van der Waals surface area (Å²) in [7, 11) is 0. The van der Waals surface area contributed by atoms with Gasteiger partial charge in [-0.3, -0.25) is 9.69 Å². The van der Waals surface area contributed by atoms with Crippen LogP contribution in [0.5, 0.6) is 0 Å². The summed E-state index contributed by atoms with van der Waals surface area (Å²) in [5, 5.41) is 10.7. The molecule has 1 aliphatic rings. The van der Waals surface area contributed by atoms with Gasteiger partial charge in [0.1, 0.15) is 6.04 Å². The maximum absolute atomic E-state index is 12.0. The third kappa shape index (κ3) is 4.21. The largest absolute Gasteiger partial charge is 0.480 e. The number of carboxylic acids is 1. The van der Waals surface area contributed by atoms with E-state index in [1.807, 2.05) is 4.90 Å². The van der Waals surface area contributed by atoms with E-state index < -0.39 is 12.0 Å². The SMILES string of the molecule is CCc1ccc(C2CN(C(C(=O)O)c3ccc(Cl)cc3Cl)CCO2)cc1. The average molecular weight is 394 g/mol. The van der Waals surface area contributed by atoms with Crippen LogP contribution in [0.25, 0.3) is 0 Å². The molecule has 3 rings (SSSR count). The number of ether oxygens (including phenoxy) is 1. The van der Waals surface area contributed by atoms with Crippen LogP contribution in [0.3, 0.4) is 0 Å². The summed E-state index contributed by atoms with van der Waals surface area (Å²) in [6.45, 7) is 3.59. The van der Waals surface area contributed by atoms with E-state index in [2.05, 4.69) is 31.2 Å². The van der Waals surface area contributed by atoms with Crippen molar-refractivity contribution in [3.63, 3.8) is 0 Å². The molecule has 4 nitrogen and oxygen atoms in total. The van der Waals surface area contributed by atoms with Gasteiger partial charge in [0.15, 0.2) is 0 Å². The highest BCUT2D eigenvalue weighted by Crippen LogP contribution is 2.33. The molecule has 0 saturated carbocycles. The van der Waals surface area contributed by atoms with Crippen LogP contribution in [0.15, 0.2) is 42.5 Å². The Morgan fingerprint density at radius 2 is 2.00 bits per heavy atom. The molecule has 0 spiro atoms. The fraction of sp³-hybridized carbons (Fsp3) is 0.350. The molecule has 138 valence electrons. The molecule has 0 radical (unpaired) electrons.